The maximum Gasteiger partial charge on any atom is 0.227 e. The van der Waals surface area contributed by atoms with E-state index < -0.39 is 5.41 Å². The Morgan fingerprint density at radius 3 is 2.54 bits per heavy atom. The lowest BCUT2D eigenvalue weighted by Gasteiger charge is -2.32. The summed E-state index contributed by atoms with van der Waals surface area (Å²) in [5, 5.41) is 3.11. The number of nitrogens with one attached hydrogen (secondary N) is 1. The second-order valence-electron chi connectivity index (χ2n) is 6.61. The summed E-state index contributed by atoms with van der Waals surface area (Å²) in [6, 6.07) is 6.41. The van der Waals surface area contributed by atoms with Crippen LogP contribution in [0.4, 0.5) is 5.69 Å². The number of rotatable bonds is 7. The van der Waals surface area contributed by atoms with Crippen LogP contribution in [0.3, 0.4) is 0 Å². The second-order valence-corrected chi connectivity index (χ2v) is 6.61. The number of benzene rings is 1. The summed E-state index contributed by atoms with van der Waals surface area (Å²) < 4.78 is 5.45. The third-order valence-corrected chi connectivity index (χ3v) is 5.26. The summed E-state index contributed by atoms with van der Waals surface area (Å²) in [5.74, 6) is 0.0588. The van der Waals surface area contributed by atoms with Crippen molar-refractivity contribution in [2.75, 3.05) is 37.7 Å². The Balaban J connectivity index is 2.13. The van der Waals surface area contributed by atoms with E-state index in [2.05, 4.69) is 35.3 Å². The molecule has 1 fully saturated rings. The van der Waals surface area contributed by atoms with Gasteiger partial charge in [-0.05, 0) is 37.0 Å². The maximum absolute atomic E-state index is 12.7. The number of hydrogen-bond acceptors (Lipinski definition) is 4. The Labute approximate surface area is 145 Å². The van der Waals surface area contributed by atoms with E-state index in [1.165, 1.54) is 11.3 Å². The summed E-state index contributed by atoms with van der Waals surface area (Å²) in [7, 11) is 0. The molecule has 24 heavy (non-hydrogen) atoms. The lowest BCUT2D eigenvalue weighted by molar-refractivity contribution is -0.131. The highest BCUT2D eigenvalue weighted by atomic mass is 16.5. The molecule has 1 aromatic rings. The van der Waals surface area contributed by atoms with Gasteiger partial charge in [0.1, 0.15) is 0 Å². The molecule has 0 spiro atoms. The number of nitrogens with zero attached hydrogens (tertiary/aromatic N) is 1. The van der Waals surface area contributed by atoms with Crippen molar-refractivity contribution in [1.29, 1.82) is 0 Å². The molecule has 0 unspecified atom stereocenters. The van der Waals surface area contributed by atoms with Crippen molar-refractivity contribution in [3.63, 3.8) is 0 Å². The van der Waals surface area contributed by atoms with E-state index in [9.17, 15) is 4.79 Å². The van der Waals surface area contributed by atoms with Gasteiger partial charge >= 0.3 is 0 Å². The van der Waals surface area contributed by atoms with E-state index in [1.807, 2.05) is 13.8 Å². The molecule has 2 rings (SSSR count). The number of nitrogens with two attached hydrogens (primary N) is 1. The highest BCUT2D eigenvalue weighted by molar-refractivity contribution is 5.83. The number of morpholine rings is 1. The van der Waals surface area contributed by atoms with Crippen molar-refractivity contribution in [3.8, 4) is 0 Å². The van der Waals surface area contributed by atoms with Crippen LogP contribution < -0.4 is 16.0 Å². The van der Waals surface area contributed by atoms with Crippen LogP contribution >= 0.6 is 0 Å². The van der Waals surface area contributed by atoms with Crippen molar-refractivity contribution in [1.82, 2.24) is 5.32 Å². The Morgan fingerprint density at radius 1 is 1.29 bits per heavy atom. The first kappa shape index (κ1) is 18.7. The molecular formula is C19H31N3O2. The van der Waals surface area contributed by atoms with E-state index in [4.69, 9.17) is 10.5 Å². The van der Waals surface area contributed by atoms with Gasteiger partial charge in [0, 0.05) is 31.9 Å². The molecule has 0 radical (unpaired) electrons. The highest BCUT2D eigenvalue weighted by Gasteiger charge is 2.33. The zero-order chi connectivity index (χ0) is 17.6. The summed E-state index contributed by atoms with van der Waals surface area (Å²) in [4.78, 5) is 15.0. The summed E-state index contributed by atoms with van der Waals surface area (Å²) >= 11 is 0. The van der Waals surface area contributed by atoms with Crippen molar-refractivity contribution in [3.05, 3.63) is 29.3 Å². The van der Waals surface area contributed by atoms with Crippen LogP contribution in [0, 0.1) is 12.3 Å². The number of hydrogen-bond donors (Lipinski definition) is 2. The fourth-order valence-electron chi connectivity index (χ4n) is 3.24. The minimum atomic E-state index is -0.455. The summed E-state index contributed by atoms with van der Waals surface area (Å²) in [5.41, 5.74) is 9.00. The number of carbonyl (C=O) groups excluding carboxylic acids is 1. The second kappa shape index (κ2) is 8.49. The minimum Gasteiger partial charge on any atom is -0.378 e. The smallest absolute Gasteiger partial charge is 0.227 e. The average molecular weight is 333 g/mol. The quantitative estimate of drug-likeness (QED) is 0.803. The number of carbonyl (C=O) groups is 1. The Bertz CT molecular complexity index is 541. The van der Waals surface area contributed by atoms with Gasteiger partial charge in [-0.15, -0.1) is 0 Å². The van der Waals surface area contributed by atoms with Crippen LogP contribution in [-0.4, -0.2) is 38.8 Å². The first-order chi connectivity index (χ1) is 11.6. The molecule has 0 aliphatic carbocycles. The molecule has 134 valence electrons. The van der Waals surface area contributed by atoms with Gasteiger partial charge in [0.25, 0.3) is 0 Å². The monoisotopic (exact) mass is 333 g/mol. The van der Waals surface area contributed by atoms with Gasteiger partial charge in [0.05, 0.1) is 18.6 Å². The van der Waals surface area contributed by atoms with Crippen LogP contribution in [0.2, 0.25) is 0 Å². The molecule has 0 atom stereocenters. The highest BCUT2D eigenvalue weighted by Crippen LogP contribution is 2.27. The summed E-state index contributed by atoms with van der Waals surface area (Å²) in [6.45, 7) is 10.4. The van der Waals surface area contributed by atoms with E-state index in [1.54, 1.807) is 0 Å². The van der Waals surface area contributed by atoms with Gasteiger partial charge < -0.3 is 20.7 Å². The van der Waals surface area contributed by atoms with E-state index in [0.717, 1.165) is 44.7 Å². The third kappa shape index (κ3) is 4.08. The third-order valence-electron chi connectivity index (χ3n) is 5.26. The standard InChI is InChI=1S/C19H31N3O2/c1-4-19(5-2,14-20)18(23)21-13-16-7-6-15(3)12-17(16)22-8-10-24-11-9-22/h6-7,12H,4-5,8-11,13-14,20H2,1-3H3,(H,21,23). The average Bonchev–Trinajstić information content (AvgIpc) is 2.63. The van der Waals surface area contributed by atoms with Crippen molar-refractivity contribution >= 4 is 11.6 Å². The molecule has 1 aliphatic rings. The van der Waals surface area contributed by atoms with Gasteiger partial charge in [0.15, 0.2) is 0 Å². The molecule has 1 heterocycles. The largest absolute Gasteiger partial charge is 0.378 e. The Hall–Kier alpha value is -1.59. The number of ether oxygens (including phenoxy) is 1. The van der Waals surface area contributed by atoms with Crippen LogP contribution in [0.25, 0.3) is 0 Å². The van der Waals surface area contributed by atoms with Crippen molar-refractivity contribution < 1.29 is 9.53 Å². The molecule has 1 aromatic carbocycles. The van der Waals surface area contributed by atoms with Gasteiger partial charge in [-0.25, -0.2) is 0 Å². The molecule has 0 saturated carbocycles. The predicted molar refractivity (Wildman–Crippen MR) is 98.1 cm³/mol. The van der Waals surface area contributed by atoms with E-state index in [-0.39, 0.29) is 5.91 Å². The zero-order valence-electron chi connectivity index (χ0n) is 15.2. The molecule has 3 N–H and O–H groups in total. The molecule has 1 saturated heterocycles. The lowest BCUT2D eigenvalue weighted by Crippen LogP contribution is -2.45. The summed E-state index contributed by atoms with van der Waals surface area (Å²) in [6.07, 6.45) is 1.52. The Kier molecular flexibility index (Phi) is 6.63. The van der Waals surface area contributed by atoms with Crippen LogP contribution in [0.1, 0.15) is 37.8 Å². The van der Waals surface area contributed by atoms with Gasteiger partial charge in [-0.2, -0.15) is 0 Å². The minimum absolute atomic E-state index is 0.0588. The van der Waals surface area contributed by atoms with E-state index in [0.29, 0.717) is 13.1 Å². The van der Waals surface area contributed by atoms with Gasteiger partial charge in [0.2, 0.25) is 5.91 Å². The molecule has 1 aliphatic heterocycles. The topological polar surface area (TPSA) is 67.6 Å². The molecular weight excluding hydrogens is 302 g/mol. The number of amides is 1. The fourth-order valence-corrected chi connectivity index (χ4v) is 3.24. The molecule has 5 nitrogen and oxygen atoms in total. The Morgan fingerprint density at radius 2 is 1.96 bits per heavy atom. The molecule has 0 bridgehead atoms. The molecule has 1 amide bonds. The number of aryl methyl sites for hydroxylation is 1. The van der Waals surface area contributed by atoms with Crippen LogP contribution in [0.15, 0.2) is 18.2 Å². The van der Waals surface area contributed by atoms with Crippen molar-refractivity contribution in [2.45, 2.75) is 40.2 Å². The maximum atomic E-state index is 12.7. The first-order valence-corrected chi connectivity index (χ1v) is 8.97. The molecule has 0 aromatic heterocycles. The predicted octanol–water partition coefficient (Wildman–Crippen LogP) is 2.21. The normalized spacial score (nSPS) is 15.4. The fraction of sp³-hybridized carbons (Fsp3) is 0.632. The SMILES string of the molecule is CCC(CC)(CN)C(=O)NCc1ccc(C)cc1N1CCOCC1. The van der Waals surface area contributed by atoms with E-state index >= 15 is 0 Å². The van der Waals surface area contributed by atoms with Crippen LogP contribution in [0.5, 0.6) is 0 Å². The molecule has 5 heteroatoms. The first-order valence-electron chi connectivity index (χ1n) is 8.97. The van der Waals surface area contributed by atoms with Gasteiger partial charge in [-0.3, -0.25) is 4.79 Å². The number of anilines is 1. The van der Waals surface area contributed by atoms with Crippen LogP contribution in [-0.2, 0) is 16.1 Å². The lowest BCUT2D eigenvalue weighted by atomic mass is 9.81. The zero-order valence-corrected chi connectivity index (χ0v) is 15.2. The van der Waals surface area contributed by atoms with Gasteiger partial charge in [-0.1, -0.05) is 26.0 Å². The van der Waals surface area contributed by atoms with Crippen molar-refractivity contribution in [2.24, 2.45) is 11.1 Å².